The fourth-order valence-corrected chi connectivity index (χ4v) is 3.69. The molecule has 0 radical (unpaired) electrons. The van der Waals surface area contributed by atoms with Gasteiger partial charge in [-0.15, -0.1) is 17.0 Å². The average Bonchev–Trinajstić information content (AvgIpc) is 2.81. The zero-order chi connectivity index (χ0) is 13.5. The summed E-state index contributed by atoms with van der Waals surface area (Å²) >= 11 is 1.82. The van der Waals surface area contributed by atoms with E-state index < -0.39 is 0 Å². The van der Waals surface area contributed by atoms with Crippen molar-refractivity contribution in [3.8, 4) is 0 Å². The largest absolute Gasteiger partial charge is 1.00 e. The van der Waals surface area contributed by atoms with Crippen LogP contribution < -0.4 is 51.4 Å². The molecule has 1 aliphatic heterocycles. The molecule has 0 fully saturated rings. The van der Waals surface area contributed by atoms with Crippen molar-refractivity contribution in [3.05, 3.63) is 78.3 Å². The third-order valence-electron chi connectivity index (χ3n) is 3.55. The molecule has 3 heteroatoms. The molecule has 0 N–H and O–H groups in total. The summed E-state index contributed by atoms with van der Waals surface area (Å²) in [7, 11) is 0. The summed E-state index contributed by atoms with van der Waals surface area (Å²) < 4.78 is 2.61. The number of fused-ring (bicyclic) bond motifs is 4. The molecule has 96 valence electrons. The van der Waals surface area contributed by atoms with E-state index in [0.29, 0.717) is 0 Å². The Kier molecular flexibility index (Phi) is 4.50. The normalized spacial score (nSPS) is 16.5. The van der Waals surface area contributed by atoms with Gasteiger partial charge in [-0.05, 0) is 28.7 Å². The molecule has 0 bridgehead atoms. The zero-order valence-electron chi connectivity index (χ0n) is 11.8. The summed E-state index contributed by atoms with van der Waals surface area (Å²) in [6, 6.07) is 12.9. The van der Waals surface area contributed by atoms with E-state index in [-0.39, 0.29) is 51.4 Å². The third-order valence-corrected chi connectivity index (χ3v) is 4.68. The number of rotatable bonds is 0. The second-order valence-corrected chi connectivity index (χ2v) is 5.90. The van der Waals surface area contributed by atoms with Gasteiger partial charge in [0.2, 0.25) is 0 Å². The first-order chi connectivity index (χ1) is 9.83. The monoisotopic (exact) mass is 313 g/mol. The molecule has 0 saturated carbocycles. The van der Waals surface area contributed by atoms with Crippen molar-refractivity contribution in [2.45, 2.75) is 0 Å². The number of hydrogen-bond donors (Lipinski definition) is 0. The molecule has 0 amide bonds. The molecule has 3 aromatic rings. The maximum Gasteiger partial charge on any atom is 1.00 e. The van der Waals surface area contributed by atoms with Crippen LogP contribution in [0.4, 0.5) is 5.69 Å². The van der Waals surface area contributed by atoms with Crippen LogP contribution in [0.5, 0.6) is 0 Å². The van der Waals surface area contributed by atoms with E-state index in [1.54, 1.807) is 0 Å². The minimum atomic E-state index is 0. The van der Waals surface area contributed by atoms with Crippen molar-refractivity contribution < 1.29 is 51.4 Å². The van der Waals surface area contributed by atoms with E-state index in [1.807, 2.05) is 35.8 Å². The Bertz CT molecular complexity index is 902. The number of hydrogen-bond acceptors (Lipinski definition) is 1. The van der Waals surface area contributed by atoms with E-state index in [4.69, 9.17) is 0 Å². The molecule has 1 aromatic heterocycles. The van der Waals surface area contributed by atoms with E-state index in [0.717, 1.165) is 16.8 Å². The molecule has 21 heavy (non-hydrogen) atoms. The van der Waals surface area contributed by atoms with Crippen molar-refractivity contribution in [2.24, 2.45) is 0 Å². The van der Waals surface area contributed by atoms with Gasteiger partial charge in [-0.1, -0.05) is 49.1 Å². The second kappa shape index (κ2) is 6.21. The molecule has 1 aliphatic rings. The van der Waals surface area contributed by atoms with Crippen LogP contribution in [0.3, 0.4) is 0 Å². The number of allylic oxidation sites excluding steroid dienone is 4. The second-order valence-electron chi connectivity index (χ2n) is 4.82. The Labute approximate surface area is 170 Å². The van der Waals surface area contributed by atoms with Gasteiger partial charge < -0.3 is 5.32 Å². The Morgan fingerprint density at radius 3 is 2.71 bits per heavy atom. The van der Waals surface area contributed by atoms with Crippen molar-refractivity contribution in [1.29, 1.82) is 0 Å². The van der Waals surface area contributed by atoms with Crippen LogP contribution in [-0.4, -0.2) is 0 Å². The summed E-state index contributed by atoms with van der Waals surface area (Å²) in [4.78, 5) is 0. The van der Waals surface area contributed by atoms with Gasteiger partial charge in [-0.25, -0.2) is 0 Å². The Morgan fingerprint density at radius 2 is 1.81 bits per heavy atom. The quantitative estimate of drug-likeness (QED) is 0.566. The van der Waals surface area contributed by atoms with Gasteiger partial charge >= 0.3 is 51.4 Å². The Hall–Kier alpha value is -0.684. The first-order valence-electron chi connectivity index (χ1n) is 6.51. The van der Waals surface area contributed by atoms with Crippen LogP contribution in [0, 0.1) is 0 Å². The van der Waals surface area contributed by atoms with E-state index >= 15 is 0 Å². The molecular weight excluding hydrogens is 301 g/mol. The van der Waals surface area contributed by atoms with Gasteiger partial charge in [0.15, 0.2) is 0 Å². The molecule has 4 rings (SSSR count). The molecule has 0 spiro atoms. The Balaban J connectivity index is 0.00000132. The van der Waals surface area contributed by atoms with Crippen LogP contribution in [0.15, 0.2) is 67.4 Å². The van der Waals surface area contributed by atoms with E-state index in [2.05, 4.69) is 48.3 Å². The summed E-state index contributed by atoms with van der Waals surface area (Å²) in [6.45, 7) is 4.14. The van der Waals surface area contributed by atoms with Gasteiger partial charge in [0.25, 0.3) is 0 Å². The van der Waals surface area contributed by atoms with Crippen LogP contribution >= 0.6 is 11.3 Å². The van der Waals surface area contributed by atoms with Gasteiger partial charge in [0.1, 0.15) is 0 Å². The summed E-state index contributed by atoms with van der Waals surface area (Å²) in [5.74, 6) is 0. The van der Waals surface area contributed by atoms with Gasteiger partial charge in [-0.2, -0.15) is 6.20 Å². The van der Waals surface area contributed by atoms with Crippen LogP contribution in [-0.2, 0) is 0 Å². The molecule has 2 heterocycles. The molecule has 0 saturated heterocycles. The summed E-state index contributed by atoms with van der Waals surface area (Å²) in [5.41, 5.74) is 3.11. The summed E-state index contributed by atoms with van der Waals surface area (Å²) in [6.07, 6.45) is 7.78. The smallest absolute Gasteiger partial charge is 0.664 e. The Morgan fingerprint density at radius 1 is 0.952 bits per heavy atom. The molecule has 1 nitrogen and oxygen atoms in total. The van der Waals surface area contributed by atoms with Crippen LogP contribution in [0.1, 0.15) is 5.56 Å². The maximum absolute atomic E-state index is 4.55. The van der Waals surface area contributed by atoms with Crippen molar-refractivity contribution >= 4 is 42.8 Å². The first kappa shape index (κ1) is 15.2. The van der Waals surface area contributed by atoms with Crippen molar-refractivity contribution in [2.75, 3.05) is 0 Å². The van der Waals surface area contributed by atoms with Crippen molar-refractivity contribution in [1.82, 2.24) is 0 Å². The number of benzene rings is 2. The average molecular weight is 313 g/mol. The molecule has 0 unspecified atom stereocenters. The molecule has 2 aromatic carbocycles. The SMILES string of the molecule is C=C1/C=C\C=C/[N-]c2cc3c(cc21)sc1ccccc13.[K+]. The molecule has 0 aliphatic carbocycles. The maximum atomic E-state index is 4.55. The van der Waals surface area contributed by atoms with E-state index in [9.17, 15) is 0 Å². The standard InChI is InChI=1S/C18H12NS.K/c1-12-6-4-5-9-19-16-10-15-13-7-2-3-8-17(13)20-18(15)11-14(12)16;/h2-11H,1H2;/q-1;+1/b6-4-,9-5-;. The topological polar surface area (TPSA) is 14.1 Å². The number of thiophene rings is 1. The fraction of sp³-hybridized carbons (Fsp3) is 0. The number of nitrogens with zero attached hydrogens (tertiary/aromatic N) is 1. The van der Waals surface area contributed by atoms with Gasteiger partial charge in [-0.3, -0.25) is 0 Å². The predicted molar refractivity (Wildman–Crippen MR) is 89.7 cm³/mol. The minimum absolute atomic E-state index is 0. The minimum Gasteiger partial charge on any atom is -0.664 e. The zero-order valence-corrected chi connectivity index (χ0v) is 15.8. The van der Waals surface area contributed by atoms with Crippen LogP contribution in [0.2, 0.25) is 0 Å². The van der Waals surface area contributed by atoms with Gasteiger partial charge in [0.05, 0.1) is 0 Å². The van der Waals surface area contributed by atoms with E-state index in [1.165, 1.54) is 20.2 Å². The fourth-order valence-electron chi connectivity index (χ4n) is 2.56. The predicted octanol–water partition coefficient (Wildman–Crippen LogP) is 3.16. The first-order valence-corrected chi connectivity index (χ1v) is 7.33. The van der Waals surface area contributed by atoms with Gasteiger partial charge in [0, 0.05) is 14.8 Å². The van der Waals surface area contributed by atoms with Crippen LogP contribution in [0.25, 0.3) is 31.1 Å². The molecular formula is C18H12KNS. The third kappa shape index (κ3) is 2.70. The molecule has 0 atom stereocenters. The summed E-state index contributed by atoms with van der Waals surface area (Å²) in [5, 5.41) is 7.13. The van der Waals surface area contributed by atoms with Crippen molar-refractivity contribution in [3.63, 3.8) is 0 Å².